The predicted octanol–water partition coefficient (Wildman–Crippen LogP) is 3.39. The third-order valence-corrected chi connectivity index (χ3v) is 3.56. The molecule has 0 saturated carbocycles. The Morgan fingerprint density at radius 2 is 1.96 bits per heavy atom. The Morgan fingerprint density at radius 1 is 1.22 bits per heavy atom. The lowest BCUT2D eigenvalue weighted by Crippen LogP contribution is -2.06. The molecule has 1 N–H and O–H groups in total. The van der Waals surface area contributed by atoms with E-state index in [1.54, 1.807) is 42.7 Å². The van der Waals surface area contributed by atoms with Gasteiger partial charge in [-0.3, -0.25) is 4.98 Å². The summed E-state index contributed by atoms with van der Waals surface area (Å²) in [6.45, 7) is 0.283. The van der Waals surface area contributed by atoms with Gasteiger partial charge in [0.2, 0.25) is 0 Å². The first-order chi connectivity index (χ1) is 11.0. The van der Waals surface area contributed by atoms with Gasteiger partial charge in [0, 0.05) is 28.0 Å². The fourth-order valence-electron chi connectivity index (χ4n) is 2.23. The van der Waals surface area contributed by atoms with E-state index >= 15 is 0 Å². The van der Waals surface area contributed by atoms with Gasteiger partial charge in [0.25, 0.3) is 0 Å². The molecule has 3 rings (SSSR count). The first-order valence-electron chi connectivity index (χ1n) is 6.57. The van der Waals surface area contributed by atoms with Crippen molar-refractivity contribution < 1.29 is 9.90 Å². The molecule has 0 amide bonds. The Labute approximate surface area is 141 Å². The number of rotatable bonds is 4. The van der Waals surface area contributed by atoms with Crippen molar-refractivity contribution in [2.75, 3.05) is 0 Å². The predicted molar refractivity (Wildman–Crippen MR) is 85.8 cm³/mol. The van der Waals surface area contributed by atoms with Gasteiger partial charge in [0.1, 0.15) is 5.69 Å². The largest absolute Gasteiger partial charge is 0.476 e. The number of aromatic nitrogens is 4. The molecule has 116 valence electrons. The fraction of sp³-hybridized carbons (Fsp3) is 0.0667. The summed E-state index contributed by atoms with van der Waals surface area (Å²) in [5.74, 6) is -1.15. The Hall–Kier alpha value is -2.44. The minimum Gasteiger partial charge on any atom is -0.476 e. The smallest absolute Gasteiger partial charge is 0.358 e. The van der Waals surface area contributed by atoms with E-state index < -0.39 is 5.97 Å². The van der Waals surface area contributed by atoms with Crippen LogP contribution in [-0.4, -0.2) is 31.1 Å². The van der Waals surface area contributed by atoms with Crippen molar-refractivity contribution in [1.29, 1.82) is 0 Å². The van der Waals surface area contributed by atoms with E-state index in [9.17, 15) is 9.90 Å². The van der Waals surface area contributed by atoms with Crippen LogP contribution in [-0.2, 0) is 6.54 Å². The average Bonchev–Trinajstić information content (AvgIpc) is 2.91. The fourth-order valence-corrected chi connectivity index (χ4v) is 2.80. The number of halogens is 2. The number of carboxylic acids is 1. The van der Waals surface area contributed by atoms with Crippen LogP contribution in [0, 0.1) is 0 Å². The van der Waals surface area contributed by atoms with Gasteiger partial charge in [-0.05, 0) is 35.9 Å². The number of carbonyl (C=O) groups is 1. The van der Waals surface area contributed by atoms with Gasteiger partial charge in [-0.2, -0.15) is 0 Å². The second-order valence-corrected chi connectivity index (χ2v) is 5.64. The van der Waals surface area contributed by atoms with Crippen LogP contribution in [0.3, 0.4) is 0 Å². The van der Waals surface area contributed by atoms with Gasteiger partial charge in [-0.25, -0.2) is 9.48 Å². The highest BCUT2D eigenvalue weighted by Gasteiger charge is 2.21. The molecule has 6 nitrogen and oxygen atoms in total. The number of hydrogen-bond acceptors (Lipinski definition) is 4. The molecule has 23 heavy (non-hydrogen) atoms. The van der Waals surface area contributed by atoms with E-state index in [1.807, 2.05) is 0 Å². The zero-order valence-electron chi connectivity index (χ0n) is 11.6. The monoisotopic (exact) mass is 348 g/mol. The summed E-state index contributed by atoms with van der Waals surface area (Å²) < 4.78 is 1.49. The van der Waals surface area contributed by atoms with E-state index in [0.29, 0.717) is 21.3 Å². The lowest BCUT2D eigenvalue weighted by atomic mass is 10.1. The normalized spacial score (nSPS) is 10.7. The molecule has 0 spiro atoms. The molecule has 2 heterocycles. The highest BCUT2D eigenvalue weighted by molar-refractivity contribution is 6.34. The molecule has 0 aliphatic heterocycles. The van der Waals surface area contributed by atoms with Crippen LogP contribution in [0.15, 0.2) is 42.7 Å². The Kier molecular flexibility index (Phi) is 4.27. The average molecular weight is 349 g/mol. The van der Waals surface area contributed by atoms with Crippen molar-refractivity contribution in [3.05, 3.63) is 64.0 Å². The van der Waals surface area contributed by atoms with Crippen molar-refractivity contribution >= 4 is 29.2 Å². The topological polar surface area (TPSA) is 80.9 Å². The lowest BCUT2D eigenvalue weighted by molar-refractivity contribution is 0.0691. The maximum Gasteiger partial charge on any atom is 0.358 e. The minimum atomic E-state index is -1.15. The zero-order valence-corrected chi connectivity index (χ0v) is 13.2. The minimum absolute atomic E-state index is 0.133. The summed E-state index contributed by atoms with van der Waals surface area (Å²) in [5.41, 5.74) is 1.64. The van der Waals surface area contributed by atoms with Crippen LogP contribution in [0.2, 0.25) is 10.0 Å². The molecule has 0 fully saturated rings. The van der Waals surface area contributed by atoms with Crippen LogP contribution in [0.1, 0.15) is 16.1 Å². The third kappa shape index (κ3) is 3.33. The zero-order chi connectivity index (χ0) is 16.4. The van der Waals surface area contributed by atoms with Crippen LogP contribution in [0.25, 0.3) is 11.3 Å². The summed E-state index contributed by atoms with van der Waals surface area (Å²) in [5, 5.41) is 18.0. The van der Waals surface area contributed by atoms with E-state index in [-0.39, 0.29) is 12.2 Å². The van der Waals surface area contributed by atoms with Gasteiger partial charge in [-0.15, -0.1) is 5.10 Å². The molecule has 0 aliphatic rings. The highest BCUT2D eigenvalue weighted by atomic mass is 35.5. The Balaban J connectivity index is 2.08. The molecule has 0 atom stereocenters. The third-order valence-electron chi connectivity index (χ3n) is 3.13. The van der Waals surface area contributed by atoms with Crippen LogP contribution in [0.5, 0.6) is 0 Å². The van der Waals surface area contributed by atoms with Crippen LogP contribution in [0.4, 0.5) is 0 Å². The number of benzene rings is 1. The maximum absolute atomic E-state index is 11.4. The number of nitrogens with zero attached hydrogens (tertiary/aromatic N) is 4. The van der Waals surface area contributed by atoms with E-state index in [2.05, 4.69) is 15.3 Å². The standard InChI is InChI=1S/C15H10Cl2N4O2/c16-11-4-9(5-12(17)6-11)8-21-14(10-2-1-3-18-7-10)13(15(22)23)19-20-21/h1-7H,8H2,(H,22,23). The molecular formula is C15H10Cl2N4O2. The molecule has 0 unspecified atom stereocenters. The van der Waals surface area contributed by atoms with Gasteiger partial charge < -0.3 is 5.11 Å². The quantitative estimate of drug-likeness (QED) is 0.781. The van der Waals surface area contributed by atoms with Gasteiger partial charge in [0.05, 0.1) is 6.54 Å². The molecule has 2 aromatic heterocycles. The summed E-state index contributed by atoms with van der Waals surface area (Å²) >= 11 is 12.0. The van der Waals surface area contributed by atoms with E-state index in [4.69, 9.17) is 23.2 Å². The first kappa shape index (κ1) is 15.5. The van der Waals surface area contributed by atoms with Crippen LogP contribution >= 0.6 is 23.2 Å². The molecule has 0 saturated heterocycles. The molecular weight excluding hydrogens is 339 g/mol. The van der Waals surface area contributed by atoms with Crippen molar-refractivity contribution in [2.24, 2.45) is 0 Å². The van der Waals surface area contributed by atoms with Crippen molar-refractivity contribution in [3.8, 4) is 11.3 Å². The molecule has 0 bridgehead atoms. The van der Waals surface area contributed by atoms with Gasteiger partial charge in [-0.1, -0.05) is 28.4 Å². The number of carboxylic acid groups (broad SMARTS) is 1. The first-order valence-corrected chi connectivity index (χ1v) is 7.32. The van der Waals surface area contributed by atoms with Crippen molar-refractivity contribution in [3.63, 3.8) is 0 Å². The molecule has 1 aromatic carbocycles. The van der Waals surface area contributed by atoms with Crippen molar-refractivity contribution in [2.45, 2.75) is 6.54 Å². The van der Waals surface area contributed by atoms with E-state index in [1.165, 1.54) is 4.68 Å². The summed E-state index contributed by atoms with van der Waals surface area (Å²) in [4.78, 5) is 15.4. The summed E-state index contributed by atoms with van der Waals surface area (Å²) in [6.07, 6.45) is 3.17. The maximum atomic E-state index is 11.4. The van der Waals surface area contributed by atoms with Gasteiger partial charge >= 0.3 is 5.97 Å². The van der Waals surface area contributed by atoms with Gasteiger partial charge in [0.15, 0.2) is 5.69 Å². The number of pyridine rings is 1. The highest BCUT2D eigenvalue weighted by Crippen LogP contribution is 2.24. The molecule has 3 aromatic rings. The number of aromatic carboxylic acids is 1. The Morgan fingerprint density at radius 3 is 2.57 bits per heavy atom. The van der Waals surface area contributed by atoms with E-state index in [0.717, 1.165) is 5.56 Å². The molecule has 8 heteroatoms. The lowest BCUT2D eigenvalue weighted by Gasteiger charge is -2.08. The summed E-state index contributed by atoms with van der Waals surface area (Å²) in [7, 11) is 0. The Bertz CT molecular complexity index is 845. The SMILES string of the molecule is O=C(O)c1nnn(Cc2cc(Cl)cc(Cl)c2)c1-c1cccnc1. The van der Waals surface area contributed by atoms with Crippen molar-refractivity contribution in [1.82, 2.24) is 20.0 Å². The second kappa shape index (κ2) is 6.36. The molecule has 0 aliphatic carbocycles. The molecule has 0 radical (unpaired) electrons. The summed E-state index contributed by atoms with van der Waals surface area (Å²) in [6, 6.07) is 8.57. The van der Waals surface area contributed by atoms with Crippen LogP contribution < -0.4 is 0 Å². The second-order valence-electron chi connectivity index (χ2n) is 4.77. The number of hydrogen-bond donors (Lipinski definition) is 1.